The maximum absolute atomic E-state index is 14.0. The summed E-state index contributed by atoms with van der Waals surface area (Å²) < 4.78 is 14.0. The fourth-order valence-electron chi connectivity index (χ4n) is 2.46. The molecule has 0 saturated carbocycles. The van der Waals surface area contributed by atoms with Gasteiger partial charge in [0.25, 0.3) is 0 Å². The van der Waals surface area contributed by atoms with E-state index in [0.717, 1.165) is 11.1 Å². The Morgan fingerprint density at radius 1 is 0.842 bits per heavy atom. The van der Waals surface area contributed by atoms with Gasteiger partial charge in [0.1, 0.15) is 5.82 Å². The van der Waals surface area contributed by atoms with Crippen LogP contribution in [0.25, 0.3) is 21.9 Å². The topological polar surface area (TPSA) is 0 Å². The molecule has 0 spiro atoms. The third-order valence-corrected chi connectivity index (χ3v) is 3.53. The molecule has 3 aromatic rings. The molecule has 1 heteroatoms. The SMILES string of the molecule is Cc1ccc(F)c(-c2ccc3cccc(C)c3c2)c1. The molecule has 0 atom stereocenters. The average Bonchev–Trinajstić information content (AvgIpc) is 2.42. The molecule has 3 aromatic carbocycles. The van der Waals surface area contributed by atoms with E-state index in [2.05, 4.69) is 31.2 Å². The molecule has 0 unspecified atom stereocenters. The lowest BCUT2D eigenvalue weighted by molar-refractivity contribution is 0.631. The summed E-state index contributed by atoms with van der Waals surface area (Å²) in [5, 5.41) is 2.37. The third kappa shape index (κ3) is 2.12. The van der Waals surface area contributed by atoms with Crippen molar-refractivity contribution in [1.29, 1.82) is 0 Å². The van der Waals surface area contributed by atoms with Gasteiger partial charge in [0.05, 0.1) is 0 Å². The molecule has 0 bridgehead atoms. The van der Waals surface area contributed by atoms with Gasteiger partial charge in [-0.1, -0.05) is 42.0 Å². The van der Waals surface area contributed by atoms with Crippen LogP contribution in [0.4, 0.5) is 4.39 Å². The summed E-state index contributed by atoms with van der Waals surface area (Å²) in [5.41, 5.74) is 3.89. The maximum atomic E-state index is 14.0. The third-order valence-electron chi connectivity index (χ3n) is 3.53. The van der Waals surface area contributed by atoms with Gasteiger partial charge < -0.3 is 0 Å². The second-order valence-electron chi connectivity index (χ2n) is 4.99. The van der Waals surface area contributed by atoms with Gasteiger partial charge in [-0.25, -0.2) is 4.39 Å². The highest BCUT2D eigenvalue weighted by Crippen LogP contribution is 2.28. The van der Waals surface area contributed by atoms with E-state index in [9.17, 15) is 4.39 Å². The van der Waals surface area contributed by atoms with Crippen LogP contribution in [-0.4, -0.2) is 0 Å². The highest BCUT2D eigenvalue weighted by Gasteiger charge is 2.06. The first-order valence-electron chi connectivity index (χ1n) is 6.41. The zero-order valence-corrected chi connectivity index (χ0v) is 11.1. The summed E-state index contributed by atoms with van der Waals surface area (Å²) in [6, 6.07) is 17.6. The monoisotopic (exact) mass is 250 g/mol. The molecule has 0 saturated heterocycles. The molecule has 0 N–H and O–H groups in total. The van der Waals surface area contributed by atoms with Gasteiger partial charge in [-0.15, -0.1) is 0 Å². The molecule has 0 aliphatic carbocycles. The van der Waals surface area contributed by atoms with E-state index in [0.29, 0.717) is 5.56 Å². The summed E-state index contributed by atoms with van der Waals surface area (Å²) in [4.78, 5) is 0. The molecule has 0 nitrogen and oxygen atoms in total. The van der Waals surface area contributed by atoms with Crippen LogP contribution in [0.15, 0.2) is 54.6 Å². The second-order valence-corrected chi connectivity index (χ2v) is 4.99. The molecule has 3 rings (SSSR count). The summed E-state index contributed by atoms with van der Waals surface area (Å²) in [6.07, 6.45) is 0. The van der Waals surface area contributed by atoms with Crippen LogP contribution in [0.5, 0.6) is 0 Å². The fourth-order valence-corrected chi connectivity index (χ4v) is 2.46. The zero-order valence-electron chi connectivity index (χ0n) is 11.1. The van der Waals surface area contributed by atoms with Gasteiger partial charge >= 0.3 is 0 Å². The predicted octanol–water partition coefficient (Wildman–Crippen LogP) is 5.26. The molecule has 0 heterocycles. The lowest BCUT2D eigenvalue weighted by atomic mass is 9.97. The van der Waals surface area contributed by atoms with Crippen LogP contribution in [0, 0.1) is 19.7 Å². The Labute approximate surface area is 112 Å². The van der Waals surface area contributed by atoms with Crippen molar-refractivity contribution in [3.63, 3.8) is 0 Å². The number of hydrogen-bond acceptors (Lipinski definition) is 0. The molecular formula is C18H15F. The largest absolute Gasteiger partial charge is 0.206 e. The molecule has 0 aliphatic heterocycles. The number of fused-ring (bicyclic) bond motifs is 1. The molecule has 0 fully saturated rings. The van der Waals surface area contributed by atoms with Crippen molar-refractivity contribution in [2.45, 2.75) is 13.8 Å². The Morgan fingerprint density at radius 2 is 1.68 bits per heavy atom. The number of rotatable bonds is 1. The van der Waals surface area contributed by atoms with Gasteiger partial charge in [-0.2, -0.15) is 0 Å². The Hall–Kier alpha value is -2.15. The summed E-state index contributed by atoms with van der Waals surface area (Å²) in [6.45, 7) is 4.06. The van der Waals surface area contributed by atoms with Crippen molar-refractivity contribution in [3.8, 4) is 11.1 Å². The van der Waals surface area contributed by atoms with Crippen molar-refractivity contribution in [2.75, 3.05) is 0 Å². The fraction of sp³-hybridized carbons (Fsp3) is 0.111. The maximum Gasteiger partial charge on any atom is 0.131 e. The van der Waals surface area contributed by atoms with Crippen molar-refractivity contribution < 1.29 is 4.39 Å². The first kappa shape index (κ1) is 11.9. The van der Waals surface area contributed by atoms with Crippen LogP contribution in [-0.2, 0) is 0 Å². The van der Waals surface area contributed by atoms with E-state index in [-0.39, 0.29) is 5.82 Å². The Kier molecular flexibility index (Phi) is 2.83. The lowest BCUT2D eigenvalue weighted by Crippen LogP contribution is -1.87. The standard InChI is InChI=1S/C18H15F/c1-12-6-9-18(19)17(10-12)15-8-7-14-5-3-4-13(2)16(14)11-15/h3-11H,1-2H3. The van der Waals surface area contributed by atoms with E-state index in [4.69, 9.17) is 0 Å². The van der Waals surface area contributed by atoms with Crippen LogP contribution < -0.4 is 0 Å². The summed E-state index contributed by atoms with van der Waals surface area (Å²) in [7, 11) is 0. The van der Waals surface area contributed by atoms with E-state index in [1.54, 1.807) is 6.07 Å². The van der Waals surface area contributed by atoms with E-state index in [1.807, 2.05) is 25.1 Å². The quantitative estimate of drug-likeness (QED) is 0.552. The Balaban J connectivity index is 2.26. The van der Waals surface area contributed by atoms with Gasteiger partial charge in [-0.3, -0.25) is 0 Å². The number of aryl methyl sites for hydroxylation is 2. The minimum atomic E-state index is -0.168. The lowest BCUT2D eigenvalue weighted by Gasteiger charge is -2.08. The summed E-state index contributed by atoms with van der Waals surface area (Å²) >= 11 is 0. The van der Waals surface area contributed by atoms with Gasteiger partial charge in [0.15, 0.2) is 0 Å². The molecule has 19 heavy (non-hydrogen) atoms. The van der Waals surface area contributed by atoms with Crippen molar-refractivity contribution in [1.82, 2.24) is 0 Å². The minimum absolute atomic E-state index is 0.168. The van der Waals surface area contributed by atoms with Crippen LogP contribution in [0.2, 0.25) is 0 Å². The highest BCUT2D eigenvalue weighted by molar-refractivity contribution is 5.89. The molecular weight excluding hydrogens is 235 g/mol. The predicted molar refractivity (Wildman–Crippen MR) is 78.8 cm³/mol. The van der Waals surface area contributed by atoms with E-state index < -0.39 is 0 Å². The first-order valence-corrected chi connectivity index (χ1v) is 6.41. The molecule has 0 aliphatic rings. The van der Waals surface area contributed by atoms with E-state index >= 15 is 0 Å². The summed E-state index contributed by atoms with van der Waals surface area (Å²) in [5.74, 6) is -0.168. The van der Waals surface area contributed by atoms with Crippen LogP contribution >= 0.6 is 0 Å². The Bertz CT molecular complexity index is 757. The van der Waals surface area contributed by atoms with Crippen LogP contribution in [0.3, 0.4) is 0 Å². The Morgan fingerprint density at radius 3 is 2.53 bits per heavy atom. The van der Waals surface area contributed by atoms with Crippen molar-refractivity contribution in [2.24, 2.45) is 0 Å². The van der Waals surface area contributed by atoms with Gasteiger partial charge in [0.2, 0.25) is 0 Å². The zero-order chi connectivity index (χ0) is 13.4. The number of hydrogen-bond donors (Lipinski definition) is 0. The van der Waals surface area contributed by atoms with Gasteiger partial charge in [0, 0.05) is 5.56 Å². The molecule has 0 aromatic heterocycles. The van der Waals surface area contributed by atoms with Crippen molar-refractivity contribution in [3.05, 3.63) is 71.5 Å². The van der Waals surface area contributed by atoms with Crippen molar-refractivity contribution >= 4 is 10.8 Å². The average molecular weight is 250 g/mol. The second kappa shape index (κ2) is 4.51. The molecule has 94 valence electrons. The normalized spacial score (nSPS) is 10.9. The molecule has 0 radical (unpaired) electrons. The number of benzene rings is 3. The smallest absolute Gasteiger partial charge is 0.131 e. The minimum Gasteiger partial charge on any atom is -0.206 e. The molecule has 0 amide bonds. The highest BCUT2D eigenvalue weighted by atomic mass is 19.1. The van der Waals surface area contributed by atoms with E-state index in [1.165, 1.54) is 22.4 Å². The first-order chi connectivity index (χ1) is 9.15. The number of halogens is 1. The van der Waals surface area contributed by atoms with Gasteiger partial charge in [-0.05, 0) is 53.9 Å². The van der Waals surface area contributed by atoms with Crippen LogP contribution in [0.1, 0.15) is 11.1 Å².